The molecule has 4 aromatic carbocycles. The van der Waals surface area contributed by atoms with Gasteiger partial charge in [-0.15, -0.1) is 0 Å². The summed E-state index contributed by atoms with van der Waals surface area (Å²) in [6.07, 6.45) is 0. The standard InChI is InChI=1S/C31H28N4O4/c1-33(18-19-35-30(38)24-12-4-8-21-9-5-13-25(27(21)24)31(35)39)16-14-32-15-17-34-28(36)22-10-2-6-20-7-3-11-23(26(20)22)29(34)37/h2-13,32H,14-19H2,1H3. The topological polar surface area (TPSA) is 90.0 Å². The molecule has 0 saturated carbocycles. The predicted molar refractivity (Wildman–Crippen MR) is 149 cm³/mol. The Labute approximate surface area is 225 Å². The van der Waals surface area contributed by atoms with Crippen molar-refractivity contribution in [3.8, 4) is 0 Å². The molecule has 6 rings (SSSR count). The number of benzene rings is 4. The van der Waals surface area contributed by atoms with Gasteiger partial charge in [0.25, 0.3) is 23.6 Å². The maximum atomic E-state index is 13.1. The molecule has 2 heterocycles. The quantitative estimate of drug-likeness (QED) is 0.269. The summed E-state index contributed by atoms with van der Waals surface area (Å²) < 4.78 is 0. The molecule has 4 aromatic rings. The minimum absolute atomic E-state index is 0.260. The van der Waals surface area contributed by atoms with Crippen LogP contribution in [-0.2, 0) is 0 Å². The average Bonchev–Trinajstić information content (AvgIpc) is 2.95. The minimum atomic E-state index is -0.267. The molecule has 2 aliphatic rings. The monoisotopic (exact) mass is 520 g/mol. The van der Waals surface area contributed by atoms with Crippen molar-refractivity contribution in [3.63, 3.8) is 0 Å². The smallest absolute Gasteiger partial charge is 0.261 e. The van der Waals surface area contributed by atoms with Gasteiger partial charge in [-0.25, -0.2) is 0 Å². The molecule has 39 heavy (non-hydrogen) atoms. The number of imide groups is 2. The summed E-state index contributed by atoms with van der Waals surface area (Å²) in [5.74, 6) is -1.05. The fourth-order valence-electron chi connectivity index (χ4n) is 5.54. The van der Waals surface area contributed by atoms with Gasteiger partial charge in [0.2, 0.25) is 0 Å². The van der Waals surface area contributed by atoms with Crippen LogP contribution >= 0.6 is 0 Å². The van der Waals surface area contributed by atoms with E-state index in [4.69, 9.17) is 0 Å². The third-order valence-electron chi connectivity index (χ3n) is 7.60. The second-order valence-corrected chi connectivity index (χ2v) is 10.00. The molecule has 0 atom stereocenters. The van der Waals surface area contributed by atoms with Gasteiger partial charge in [-0.3, -0.25) is 29.0 Å². The molecule has 0 aromatic heterocycles. The van der Waals surface area contributed by atoms with E-state index >= 15 is 0 Å². The molecule has 196 valence electrons. The molecule has 0 aliphatic carbocycles. The van der Waals surface area contributed by atoms with Crippen molar-refractivity contribution < 1.29 is 19.2 Å². The van der Waals surface area contributed by atoms with Gasteiger partial charge in [-0.1, -0.05) is 48.5 Å². The van der Waals surface area contributed by atoms with Gasteiger partial charge in [0.1, 0.15) is 0 Å². The zero-order valence-corrected chi connectivity index (χ0v) is 21.6. The van der Waals surface area contributed by atoms with Gasteiger partial charge in [0.15, 0.2) is 0 Å². The van der Waals surface area contributed by atoms with Crippen LogP contribution in [0.1, 0.15) is 41.4 Å². The lowest BCUT2D eigenvalue weighted by molar-refractivity contribution is 0.0585. The van der Waals surface area contributed by atoms with Crippen LogP contribution in [0.5, 0.6) is 0 Å². The summed E-state index contributed by atoms with van der Waals surface area (Å²) in [7, 11) is 1.94. The van der Waals surface area contributed by atoms with E-state index in [1.54, 1.807) is 24.3 Å². The fraction of sp³-hybridized carbons (Fsp3) is 0.226. The van der Waals surface area contributed by atoms with Crippen LogP contribution in [0.25, 0.3) is 21.5 Å². The van der Waals surface area contributed by atoms with Crippen LogP contribution in [0.15, 0.2) is 72.8 Å². The van der Waals surface area contributed by atoms with Crippen molar-refractivity contribution in [2.24, 2.45) is 0 Å². The summed E-state index contributed by atoms with van der Waals surface area (Å²) in [6, 6.07) is 22.1. The SMILES string of the molecule is CN(CCNCCN1C(=O)c2cccc3cccc(c23)C1=O)CCN1C(=O)c2cccc3cccc(c23)C1=O. The maximum Gasteiger partial charge on any atom is 0.261 e. The Balaban J connectivity index is 0.998. The number of nitrogens with one attached hydrogen (secondary N) is 1. The van der Waals surface area contributed by atoms with Crippen molar-refractivity contribution in [1.29, 1.82) is 0 Å². The first-order valence-corrected chi connectivity index (χ1v) is 13.1. The lowest BCUT2D eigenvalue weighted by atomic mass is 9.94. The van der Waals surface area contributed by atoms with Crippen LogP contribution in [0.4, 0.5) is 0 Å². The molecule has 0 spiro atoms. The first-order chi connectivity index (χ1) is 19.0. The second kappa shape index (κ2) is 10.1. The van der Waals surface area contributed by atoms with Crippen LogP contribution in [-0.4, -0.2) is 84.6 Å². The van der Waals surface area contributed by atoms with E-state index in [0.29, 0.717) is 55.0 Å². The van der Waals surface area contributed by atoms with E-state index in [9.17, 15) is 19.2 Å². The van der Waals surface area contributed by atoms with Gasteiger partial charge in [-0.05, 0) is 42.1 Å². The van der Waals surface area contributed by atoms with Crippen molar-refractivity contribution >= 4 is 45.2 Å². The Hall–Kier alpha value is -4.40. The Morgan fingerprint density at radius 1 is 0.564 bits per heavy atom. The second-order valence-electron chi connectivity index (χ2n) is 10.00. The molecule has 4 amide bonds. The molecule has 0 saturated heterocycles. The molecular weight excluding hydrogens is 492 g/mol. The van der Waals surface area contributed by atoms with Crippen molar-refractivity contribution in [2.75, 3.05) is 46.3 Å². The summed E-state index contributed by atoms with van der Waals surface area (Å²) in [6.45, 7) is 2.86. The van der Waals surface area contributed by atoms with Crippen molar-refractivity contribution in [1.82, 2.24) is 20.0 Å². The number of hydrogen-bond donors (Lipinski definition) is 1. The molecule has 0 radical (unpaired) electrons. The molecule has 0 unspecified atom stereocenters. The Morgan fingerprint density at radius 3 is 1.41 bits per heavy atom. The summed E-state index contributed by atoms with van der Waals surface area (Å²) in [5.41, 5.74) is 2.24. The first-order valence-electron chi connectivity index (χ1n) is 13.1. The highest BCUT2D eigenvalue weighted by Gasteiger charge is 2.33. The van der Waals surface area contributed by atoms with Crippen LogP contribution in [0.2, 0.25) is 0 Å². The number of carbonyl (C=O) groups is 4. The molecule has 1 N–H and O–H groups in total. The molecule has 8 heteroatoms. The highest BCUT2D eigenvalue weighted by molar-refractivity contribution is 6.26. The maximum absolute atomic E-state index is 13.1. The van der Waals surface area contributed by atoms with Crippen molar-refractivity contribution in [3.05, 3.63) is 95.1 Å². The molecule has 2 aliphatic heterocycles. The highest BCUT2D eigenvalue weighted by atomic mass is 16.2. The van der Waals surface area contributed by atoms with E-state index in [-0.39, 0.29) is 30.2 Å². The zero-order chi connectivity index (χ0) is 27.1. The van der Waals surface area contributed by atoms with E-state index in [1.165, 1.54) is 9.80 Å². The third-order valence-corrected chi connectivity index (χ3v) is 7.60. The largest absolute Gasteiger partial charge is 0.314 e. The van der Waals surface area contributed by atoms with Gasteiger partial charge in [0.05, 0.1) is 0 Å². The van der Waals surface area contributed by atoms with Crippen LogP contribution < -0.4 is 5.32 Å². The number of likely N-dealkylation sites (N-methyl/N-ethyl adjacent to an activating group) is 1. The third kappa shape index (κ3) is 4.27. The molecular formula is C31H28N4O4. The predicted octanol–water partition coefficient (Wildman–Crippen LogP) is 3.41. The summed E-state index contributed by atoms with van der Waals surface area (Å²) in [5, 5.41) is 6.54. The summed E-state index contributed by atoms with van der Waals surface area (Å²) >= 11 is 0. The number of nitrogens with zero attached hydrogens (tertiary/aromatic N) is 3. The normalized spacial score (nSPS) is 14.8. The Bertz CT molecular complexity index is 1560. The van der Waals surface area contributed by atoms with Gasteiger partial charge < -0.3 is 10.2 Å². The van der Waals surface area contributed by atoms with Crippen molar-refractivity contribution in [2.45, 2.75) is 0 Å². The molecule has 8 nitrogen and oxygen atoms in total. The van der Waals surface area contributed by atoms with E-state index in [2.05, 4.69) is 5.32 Å². The first kappa shape index (κ1) is 24.9. The Morgan fingerprint density at radius 2 is 0.974 bits per heavy atom. The molecule has 0 bridgehead atoms. The van der Waals surface area contributed by atoms with E-state index in [1.807, 2.05) is 60.5 Å². The lowest BCUT2D eigenvalue weighted by Crippen LogP contribution is -2.45. The van der Waals surface area contributed by atoms with Crippen LogP contribution in [0.3, 0.4) is 0 Å². The number of carbonyl (C=O) groups excluding carboxylic acids is 4. The minimum Gasteiger partial charge on any atom is -0.314 e. The van der Waals surface area contributed by atoms with Gasteiger partial charge in [-0.2, -0.15) is 0 Å². The number of amides is 4. The number of hydrogen-bond acceptors (Lipinski definition) is 6. The average molecular weight is 521 g/mol. The van der Waals surface area contributed by atoms with Crippen LogP contribution in [0, 0.1) is 0 Å². The van der Waals surface area contributed by atoms with Gasteiger partial charge in [0, 0.05) is 72.3 Å². The highest BCUT2D eigenvalue weighted by Crippen LogP contribution is 2.31. The summed E-state index contributed by atoms with van der Waals surface area (Å²) in [4.78, 5) is 56.9. The van der Waals surface area contributed by atoms with Gasteiger partial charge >= 0.3 is 0 Å². The fourth-order valence-corrected chi connectivity index (χ4v) is 5.54. The Kier molecular flexibility index (Phi) is 6.42. The lowest BCUT2D eigenvalue weighted by Gasteiger charge is -2.29. The molecule has 0 fully saturated rings. The number of rotatable bonds is 9. The van der Waals surface area contributed by atoms with E-state index in [0.717, 1.165) is 21.5 Å². The van der Waals surface area contributed by atoms with E-state index < -0.39 is 0 Å². The zero-order valence-electron chi connectivity index (χ0n) is 21.6.